The fourth-order valence-electron chi connectivity index (χ4n) is 4.06. The van der Waals surface area contributed by atoms with Crippen molar-refractivity contribution in [2.45, 2.75) is 31.7 Å². The van der Waals surface area contributed by atoms with Gasteiger partial charge in [0.1, 0.15) is 0 Å². The zero-order valence-corrected chi connectivity index (χ0v) is 17.7. The highest BCUT2D eigenvalue weighted by atomic mass is 32.2. The Bertz CT molecular complexity index is 1080. The summed E-state index contributed by atoms with van der Waals surface area (Å²) in [5, 5.41) is 1.14. The van der Waals surface area contributed by atoms with Gasteiger partial charge >= 0.3 is 0 Å². The molecule has 0 saturated carbocycles. The molecule has 1 aliphatic carbocycles. The number of aromatic nitrogens is 1. The molecule has 2 unspecified atom stereocenters. The quantitative estimate of drug-likeness (QED) is 0.448. The van der Waals surface area contributed by atoms with Gasteiger partial charge in [-0.3, -0.25) is 9.00 Å². The van der Waals surface area contributed by atoms with E-state index in [1.165, 1.54) is 22.6 Å². The van der Waals surface area contributed by atoms with Gasteiger partial charge in [-0.25, -0.2) is 0 Å². The Morgan fingerprint density at radius 3 is 2.67 bits per heavy atom. The Morgan fingerprint density at radius 2 is 1.97 bits per heavy atom. The molecular formula is C22H25N4O3S-. The summed E-state index contributed by atoms with van der Waals surface area (Å²) < 4.78 is 23.3. The van der Waals surface area contributed by atoms with Crippen molar-refractivity contribution < 1.29 is 13.6 Å². The average molecular weight is 426 g/mol. The van der Waals surface area contributed by atoms with Crippen LogP contribution in [0.1, 0.15) is 23.2 Å². The number of benzene rings is 2. The lowest BCUT2D eigenvalue weighted by Crippen LogP contribution is -2.27. The molecular weight excluding hydrogens is 400 g/mol. The van der Waals surface area contributed by atoms with E-state index in [2.05, 4.69) is 11.1 Å². The number of H-pyrrole nitrogens is 1. The summed E-state index contributed by atoms with van der Waals surface area (Å²) in [6.07, 6.45) is 4.33. The molecule has 0 bridgehead atoms. The van der Waals surface area contributed by atoms with Gasteiger partial charge in [0.2, 0.25) is 6.41 Å². The van der Waals surface area contributed by atoms with E-state index in [0.29, 0.717) is 18.7 Å². The summed E-state index contributed by atoms with van der Waals surface area (Å²) in [6, 6.07) is 13.5. The Balaban J connectivity index is 1.50. The van der Waals surface area contributed by atoms with Crippen molar-refractivity contribution >= 4 is 40.0 Å². The molecule has 1 aromatic heterocycles. The van der Waals surface area contributed by atoms with Crippen LogP contribution in [0.3, 0.4) is 0 Å². The van der Waals surface area contributed by atoms with Crippen molar-refractivity contribution in [1.29, 1.82) is 0 Å². The average Bonchev–Trinajstić information content (AvgIpc) is 3.11. The number of fused-ring (bicyclic) bond motifs is 3. The van der Waals surface area contributed by atoms with Gasteiger partial charge in [0.25, 0.3) is 0 Å². The van der Waals surface area contributed by atoms with Gasteiger partial charge in [0.05, 0.1) is 0 Å². The van der Waals surface area contributed by atoms with Crippen LogP contribution in [0.2, 0.25) is 0 Å². The van der Waals surface area contributed by atoms with E-state index in [0.717, 1.165) is 47.8 Å². The SMILES string of the molecule is CN(c1ccc(CCN(C=O)c2ccc3[nH]c4c(c3c2)CC(N)CC4)cc1)S(=O)[O-]. The molecule has 30 heavy (non-hydrogen) atoms. The minimum atomic E-state index is -2.30. The Kier molecular flexibility index (Phi) is 5.90. The van der Waals surface area contributed by atoms with E-state index in [9.17, 15) is 13.6 Å². The standard InChI is InChI=1S/C22H26N4O3S/c1-25(30(28)29)17-5-2-15(3-6-17)10-11-26(14-27)18-7-9-22-20(13-18)19-12-16(23)4-8-21(19)24-22/h2-3,5-7,9,13-14,16,24H,4,8,10-12,23H2,1H3,(H,28,29)/p-1. The molecule has 4 rings (SSSR count). The minimum Gasteiger partial charge on any atom is -0.755 e. The lowest BCUT2D eigenvalue weighted by molar-refractivity contribution is -0.107. The number of aryl methyl sites for hydroxylation is 1. The van der Waals surface area contributed by atoms with E-state index in [1.807, 2.05) is 24.3 Å². The molecule has 3 aromatic rings. The molecule has 158 valence electrons. The van der Waals surface area contributed by atoms with E-state index >= 15 is 0 Å². The molecule has 0 fully saturated rings. The first-order chi connectivity index (χ1) is 14.5. The minimum absolute atomic E-state index is 0.184. The first kappa shape index (κ1) is 20.6. The third kappa shape index (κ3) is 4.12. The van der Waals surface area contributed by atoms with Gasteiger partial charge in [-0.15, -0.1) is 0 Å². The molecule has 1 heterocycles. The van der Waals surface area contributed by atoms with Crippen molar-refractivity contribution in [2.24, 2.45) is 5.73 Å². The van der Waals surface area contributed by atoms with Crippen LogP contribution in [-0.2, 0) is 35.3 Å². The number of carbonyl (C=O) groups is 1. The topological polar surface area (TPSA) is 105 Å². The molecule has 1 aliphatic rings. The Labute approximate surface area is 178 Å². The molecule has 2 atom stereocenters. The molecule has 2 aromatic carbocycles. The molecule has 8 heteroatoms. The summed E-state index contributed by atoms with van der Waals surface area (Å²) in [5.74, 6) is 0. The number of rotatable bonds is 7. The molecule has 0 spiro atoms. The maximum absolute atomic E-state index is 11.8. The molecule has 7 nitrogen and oxygen atoms in total. The number of aromatic amines is 1. The van der Waals surface area contributed by atoms with Crippen LogP contribution in [0, 0.1) is 0 Å². The predicted molar refractivity (Wildman–Crippen MR) is 119 cm³/mol. The normalized spacial score (nSPS) is 16.8. The summed E-state index contributed by atoms with van der Waals surface area (Å²) in [7, 11) is 1.50. The molecule has 3 N–H and O–H groups in total. The predicted octanol–water partition coefficient (Wildman–Crippen LogP) is 2.42. The summed E-state index contributed by atoms with van der Waals surface area (Å²) in [6.45, 7) is 0.532. The number of nitrogens with two attached hydrogens (primary N) is 1. The van der Waals surface area contributed by atoms with E-state index in [4.69, 9.17) is 5.73 Å². The van der Waals surface area contributed by atoms with Crippen LogP contribution in [0.15, 0.2) is 42.5 Å². The number of nitrogens with zero attached hydrogens (tertiary/aromatic N) is 2. The van der Waals surface area contributed by atoms with Crippen molar-refractivity contribution in [3.8, 4) is 0 Å². The zero-order chi connectivity index (χ0) is 21.3. The molecule has 0 aliphatic heterocycles. The first-order valence-corrected chi connectivity index (χ1v) is 11.0. The highest BCUT2D eigenvalue weighted by Crippen LogP contribution is 2.31. The second-order valence-electron chi connectivity index (χ2n) is 7.74. The van der Waals surface area contributed by atoms with Gasteiger partial charge < -0.3 is 24.5 Å². The monoisotopic (exact) mass is 425 g/mol. The highest BCUT2D eigenvalue weighted by Gasteiger charge is 2.20. The Morgan fingerprint density at radius 1 is 1.23 bits per heavy atom. The molecule has 0 radical (unpaired) electrons. The number of hydrogen-bond donors (Lipinski definition) is 2. The highest BCUT2D eigenvalue weighted by molar-refractivity contribution is 7.80. The van der Waals surface area contributed by atoms with Gasteiger partial charge in [0, 0.05) is 58.9 Å². The van der Waals surface area contributed by atoms with Gasteiger partial charge in [0.15, 0.2) is 0 Å². The number of amides is 1. The van der Waals surface area contributed by atoms with E-state index < -0.39 is 11.3 Å². The van der Waals surface area contributed by atoms with Gasteiger partial charge in [-0.05, 0) is 67.1 Å². The first-order valence-electron chi connectivity index (χ1n) is 9.99. The van der Waals surface area contributed by atoms with E-state index in [1.54, 1.807) is 17.0 Å². The van der Waals surface area contributed by atoms with Crippen LogP contribution >= 0.6 is 0 Å². The lowest BCUT2D eigenvalue weighted by Gasteiger charge is -2.22. The smallest absolute Gasteiger partial charge is 0.214 e. The van der Waals surface area contributed by atoms with Gasteiger partial charge in [-0.1, -0.05) is 12.1 Å². The maximum Gasteiger partial charge on any atom is 0.214 e. The maximum atomic E-state index is 11.8. The molecule has 1 amide bonds. The number of nitrogens with one attached hydrogen (secondary N) is 1. The number of hydrogen-bond acceptors (Lipinski definition) is 4. The van der Waals surface area contributed by atoms with Crippen LogP contribution in [0.4, 0.5) is 11.4 Å². The lowest BCUT2D eigenvalue weighted by atomic mass is 9.92. The molecule has 0 saturated heterocycles. The van der Waals surface area contributed by atoms with E-state index in [-0.39, 0.29) is 6.04 Å². The van der Waals surface area contributed by atoms with Gasteiger partial charge in [-0.2, -0.15) is 0 Å². The third-order valence-corrected chi connectivity index (χ3v) is 6.49. The van der Waals surface area contributed by atoms with Crippen molar-refractivity contribution in [3.63, 3.8) is 0 Å². The van der Waals surface area contributed by atoms with Crippen LogP contribution < -0.4 is 14.9 Å². The summed E-state index contributed by atoms with van der Waals surface area (Å²) >= 11 is -2.30. The summed E-state index contributed by atoms with van der Waals surface area (Å²) in [5.41, 5.74) is 12.3. The Hall–Kier alpha value is -2.68. The van der Waals surface area contributed by atoms with Crippen LogP contribution in [0.25, 0.3) is 10.9 Å². The largest absolute Gasteiger partial charge is 0.755 e. The van der Waals surface area contributed by atoms with Crippen molar-refractivity contribution in [2.75, 3.05) is 22.8 Å². The second kappa shape index (κ2) is 8.59. The van der Waals surface area contributed by atoms with Crippen LogP contribution in [-0.4, -0.2) is 39.8 Å². The van der Waals surface area contributed by atoms with Crippen molar-refractivity contribution in [3.05, 3.63) is 59.3 Å². The van der Waals surface area contributed by atoms with Crippen LogP contribution in [0.5, 0.6) is 0 Å². The summed E-state index contributed by atoms with van der Waals surface area (Å²) in [4.78, 5) is 17.0. The fourth-order valence-corrected chi connectivity index (χ4v) is 4.36. The second-order valence-corrected chi connectivity index (χ2v) is 8.73. The number of anilines is 2. The fraction of sp³-hybridized carbons (Fsp3) is 0.318. The zero-order valence-electron chi connectivity index (χ0n) is 16.8. The number of carbonyl (C=O) groups excluding carboxylic acids is 1. The van der Waals surface area contributed by atoms with Crippen molar-refractivity contribution in [1.82, 2.24) is 4.98 Å². The third-order valence-electron chi connectivity index (χ3n) is 5.83.